The fourth-order valence-corrected chi connectivity index (χ4v) is 3.37. The second kappa shape index (κ2) is 9.32. The molecule has 0 aliphatic carbocycles. The summed E-state index contributed by atoms with van der Waals surface area (Å²) < 4.78 is 11.0. The van der Waals surface area contributed by atoms with Crippen molar-refractivity contribution in [3.63, 3.8) is 0 Å². The van der Waals surface area contributed by atoms with E-state index >= 15 is 0 Å². The molecule has 1 N–H and O–H groups in total. The zero-order chi connectivity index (χ0) is 20.8. The van der Waals surface area contributed by atoms with Gasteiger partial charge in [0.1, 0.15) is 17.2 Å². The average Bonchev–Trinajstić information content (AvgIpc) is 3.00. The molecule has 1 unspecified atom stereocenters. The molecular weight excluding hydrogens is 372 g/mol. The van der Waals surface area contributed by atoms with Crippen LogP contribution in [0.25, 0.3) is 0 Å². The van der Waals surface area contributed by atoms with Crippen LogP contribution in [0.5, 0.6) is 17.2 Å². The van der Waals surface area contributed by atoms with E-state index in [2.05, 4.69) is 0 Å². The average molecular weight is 398 g/mol. The normalized spacial score (nSPS) is 15.4. The van der Waals surface area contributed by atoms with Crippen molar-refractivity contribution in [3.8, 4) is 17.2 Å². The van der Waals surface area contributed by atoms with Crippen molar-refractivity contribution in [3.05, 3.63) is 54.1 Å². The van der Waals surface area contributed by atoms with Crippen LogP contribution in [0.3, 0.4) is 0 Å². The SMILES string of the molecule is COc1ccccc1C(=O)N1CCCN(C(=O)C(C)Oc2ccc(O)cc2)CC1. The maximum absolute atomic E-state index is 12.9. The highest BCUT2D eigenvalue weighted by molar-refractivity contribution is 5.97. The van der Waals surface area contributed by atoms with E-state index in [4.69, 9.17) is 9.47 Å². The van der Waals surface area contributed by atoms with Crippen molar-refractivity contribution in [2.45, 2.75) is 19.4 Å². The second-order valence-corrected chi connectivity index (χ2v) is 6.93. The Kier molecular flexibility index (Phi) is 6.59. The molecule has 1 aliphatic heterocycles. The number of phenols is 1. The highest BCUT2D eigenvalue weighted by Gasteiger charge is 2.27. The van der Waals surface area contributed by atoms with E-state index in [-0.39, 0.29) is 17.6 Å². The Morgan fingerprint density at radius 1 is 0.966 bits per heavy atom. The van der Waals surface area contributed by atoms with E-state index in [9.17, 15) is 14.7 Å². The van der Waals surface area contributed by atoms with Gasteiger partial charge in [-0.2, -0.15) is 0 Å². The smallest absolute Gasteiger partial charge is 0.263 e. The summed E-state index contributed by atoms with van der Waals surface area (Å²) in [6.07, 6.45) is 0.0365. The lowest BCUT2D eigenvalue weighted by Gasteiger charge is -2.25. The molecule has 2 aromatic rings. The Labute approximate surface area is 170 Å². The van der Waals surface area contributed by atoms with Gasteiger partial charge in [0.05, 0.1) is 12.7 Å². The Morgan fingerprint density at radius 3 is 2.34 bits per heavy atom. The molecule has 7 heteroatoms. The summed E-state index contributed by atoms with van der Waals surface area (Å²) >= 11 is 0. The summed E-state index contributed by atoms with van der Waals surface area (Å²) in [4.78, 5) is 29.2. The molecule has 0 bridgehead atoms. The third-order valence-corrected chi connectivity index (χ3v) is 4.93. The van der Waals surface area contributed by atoms with Crippen LogP contribution in [0.2, 0.25) is 0 Å². The number of para-hydroxylation sites is 1. The summed E-state index contributed by atoms with van der Waals surface area (Å²) in [5.74, 6) is 0.996. The molecule has 1 heterocycles. The van der Waals surface area contributed by atoms with E-state index in [1.54, 1.807) is 48.1 Å². The monoisotopic (exact) mass is 398 g/mol. The molecule has 1 fully saturated rings. The number of phenolic OH excluding ortho intramolecular Hbond substituents is 1. The predicted molar refractivity (Wildman–Crippen MR) is 108 cm³/mol. The number of methoxy groups -OCH3 is 1. The number of rotatable bonds is 5. The Bertz CT molecular complexity index is 853. The lowest BCUT2D eigenvalue weighted by atomic mass is 10.1. The maximum Gasteiger partial charge on any atom is 0.263 e. The minimum atomic E-state index is -0.656. The summed E-state index contributed by atoms with van der Waals surface area (Å²) in [5.41, 5.74) is 0.527. The third kappa shape index (κ3) is 4.99. The topological polar surface area (TPSA) is 79.3 Å². The zero-order valence-corrected chi connectivity index (χ0v) is 16.7. The molecule has 0 saturated carbocycles. The first-order valence-electron chi connectivity index (χ1n) is 9.66. The molecule has 3 rings (SSSR count). The first-order valence-corrected chi connectivity index (χ1v) is 9.66. The molecule has 1 aliphatic rings. The number of carbonyl (C=O) groups is 2. The molecule has 2 amide bonds. The van der Waals surface area contributed by atoms with Crippen molar-refractivity contribution >= 4 is 11.8 Å². The minimum Gasteiger partial charge on any atom is -0.508 e. The quantitative estimate of drug-likeness (QED) is 0.837. The number of amides is 2. The van der Waals surface area contributed by atoms with Crippen LogP contribution in [0.4, 0.5) is 0 Å². The highest BCUT2D eigenvalue weighted by Crippen LogP contribution is 2.21. The molecule has 1 saturated heterocycles. The molecule has 2 aromatic carbocycles. The number of hydrogen-bond acceptors (Lipinski definition) is 5. The largest absolute Gasteiger partial charge is 0.508 e. The summed E-state index contributed by atoms with van der Waals surface area (Å²) in [7, 11) is 1.55. The third-order valence-electron chi connectivity index (χ3n) is 4.93. The van der Waals surface area contributed by atoms with Gasteiger partial charge in [0.25, 0.3) is 11.8 Å². The van der Waals surface area contributed by atoms with E-state index in [1.807, 2.05) is 12.1 Å². The van der Waals surface area contributed by atoms with Gasteiger partial charge in [-0.05, 0) is 49.7 Å². The van der Waals surface area contributed by atoms with Crippen molar-refractivity contribution < 1.29 is 24.2 Å². The molecule has 0 aromatic heterocycles. The summed E-state index contributed by atoms with van der Waals surface area (Å²) in [5, 5.41) is 9.35. The first kappa shape index (κ1) is 20.5. The Balaban J connectivity index is 1.60. The van der Waals surface area contributed by atoms with Crippen LogP contribution in [-0.4, -0.2) is 66.1 Å². The van der Waals surface area contributed by atoms with Crippen molar-refractivity contribution in [2.24, 2.45) is 0 Å². The number of hydrogen-bond donors (Lipinski definition) is 1. The molecule has 0 spiro atoms. The van der Waals surface area contributed by atoms with Gasteiger partial charge in [0.15, 0.2) is 6.10 Å². The highest BCUT2D eigenvalue weighted by atomic mass is 16.5. The van der Waals surface area contributed by atoms with Gasteiger partial charge in [-0.15, -0.1) is 0 Å². The molecule has 29 heavy (non-hydrogen) atoms. The first-order chi connectivity index (χ1) is 14.0. The lowest BCUT2D eigenvalue weighted by molar-refractivity contribution is -0.137. The standard InChI is InChI=1S/C22H26N2O5/c1-16(29-18-10-8-17(25)9-11-18)21(26)23-12-5-13-24(15-14-23)22(27)19-6-3-4-7-20(19)28-2/h3-4,6-11,16,25H,5,12-15H2,1-2H3. The van der Waals surface area contributed by atoms with Gasteiger partial charge in [-0.3, -0.25) is 9.59 Å². The Morgan fingerprint density at radius 2 is 1.62 bits per heavy atom. The number of nitrogens with zero attached hydrogens (tertiary/aromatic N) is 2. The predicted octanol–water partition coefficient (Wildman–Crippen LogP) is 2.54. The van der Waals surface area contributed by atoms with Crippen LogP contribution in [0.1, 0.15) is 23.7 Å². The maximum atomic E-state index is 12.9. The fraction of sp³-hybridized carbons (Fsp3) is 0.364. The Hall–Kier alpha value is -3.22. The number of aromatic hydroxyl groups is 1. The van der Waals surface area contributed by atoms with Crippen LogP contribution < -0.4 is 9.47 Å². The van der Waals surface area contributed by atoms with Gasteiger partial charge >= 0.3 is 0 Å². The summed E-state index contributed by atoms with van der Waals surface area (Å²) in [6.45, 7) is 3.75. The van der Waals surface area contributed by atoms with Gasteiger partial charge in [-0.1, -0.05) is 12.1 Å². The summed E-state index contributed by atoms with van der Waals surface area (Å²) in [6, 6.07) is 13.4. The van der Waals surface area contributed by atoms with Gasteiger partial charge in [0.2, 0.25) is 0 Å². The molecule has 154 valence electrons. The van der Waals surface area contributed by atoms with E-state index in [0.29, 0.717) is 49.7 Å². The van der Waals surface area contributed by atoms with Gasteiger partial charge < -0.3 is 24.4 Å². The second-order valence-electron chi connectivity index (χ2n) is 6.93. The minimum absolute atomic E-state index is 0.0925. The van der Waals surface area contributed by atoms with Crippen LogP contribution in [0, 0.1) is 0 Å². The van der Waals surface area contributed by atoms with Crippen LogP contribution in [-0.2, 0) is 4.79 Å². The molecular formula is C22H26N2O5. The van der Waals surface area contributed by atoms with Crippen LogP contribution >= 0.6 is 0 Å². The van der Waals surface area contributed by atoms with E-state index in [0.717, 1.165) is 0 Å². The van der Waals surface area contributed by atoms with Crippen molar-refractivity contribution in [2.75, 3.05) is 33.3 Å². The van der Waals surface area contributed by atoms with Crippen molar-refractivity contribution in [1.29, 1.82) is 0 Å². The molecule has 7 nitrogen and oxygen atoms in total. The lowest BCUT2D eigenvalue weighted by Crippen LogP contribution is -2.43. The van der Waals surface area contributed by atoms with Crippen LogP contribution in [0.15, 0.2) is 48.5 Å². The fourth-order valence-electron chi connectivity index (χ4n) is 3.37. The number of benzene rings is 2. The number of ether oxygens (including phenoxy) is 2. The zero-order valence-electron chi connectivity index (χ0n) is 16.7. The molecule has 1 atom stereocenters. The van der Waals surface area contributed by atoms with E-state index in [1.165, 1.54) is 12.1 Å². The van der Waals surface area contributed by atoms with Gasteiger partial charge in [-0.25, -0.2) is 0 Å². The molecule has 0 radical (unpaired) electrons. The number of carbonyl (C=O) groups excluding carboxylic acids is 2. The van der Waals surface area contributed by atoms with Crippen molar-refractivity contribution in [1.82, 2.24) is 9.80 Å². The van der Waals surface area contributed by atoms with Gasteiger partial charge in [0, 0.05) is 26.2 Å². The van der Waals surface area contributed by atoms with E-state index < -0.39 is 6.10 Å².